The highest BCUT2D eigenvalue weighted by Crippen LogP contribution is 2.40. The first-order chi connectivity index (χ1) is 13.0. The molecule has 2 N–H and O–H groups in total. The monoisotopic (exact) mass is 413 g/mol. The molecule has 2 aromatic carbocycles. The number of hydrogen-bond donors (Lipinski definition) is 1. The molecule has 1 aromatic heterocycles. The van der Waals surface area contributed by atoms with Crippen molar-refractivity contribution >= 4 is 28.5 Å². The van der Waals surface area contributed by atoms with E-state index in [0.29, 0.717) is 5.39 Å². The molecule has 0 bridgehead atoms. The zero-order valence-corrected chi connectivity index (χ0v) is 15.0. The second kappa shape index (κ2) is 6.99. The Hall–Kier alpha value is -2.78. The van der Waals surface area contributed by atoms with Gasteiger partial charge in [-0.25, -0.2) is 9.18 Å². The van der Waals surface area contributed by atoms with E-state index in [1.807, 2.05) is 0 Å². The van der Waals surface area contributed by atoms with Gasteiger partial charge in [0.1, 0.15) is 11.3 Å². The highest BCUT2D eigenvalue weighted by Gasteiger charge is 2.45. The number of carbonyl (C=O) groups excluding carboxylic acids is 1. The molecule has 3 rings (SSSR count). The minimum absolute atomic E-state index is 0.0892. The first-order valence-corrected chi connectivity index (χ1v) is 8.18. The smallest absolute Gasteiger partial charge is 0.433 e. The van der Waals surface area contributed by atoms with Crippen LogP contribution in [0.5, 0.6) is 0 Å². The van der Waals surface area contributed by atoms with Crippen molar-refractivity contribution < 1.29 is 27.1 Å². The maximum atomic E-state index is 13.8. The molecule has 5 nitrogen and oxygen atoms in total. The molecule has 0 amide bonds. The van der Waals surface area contributed by atoms with E-state index in [1.54, 1.807) is 0 Å². The van der Waals surface area contributed by atoms with Gasteiger partial charge >= 0.3 is 12.1 Å². The van der Waals surface area contributed by atoms with Crippen LogP contribution in [0.2, 0.25) is 5.02 Å². The quantitative estimate of drug-likeness (QED) is 0.393. The van der Waals surface area contributed by atoms with Gasteiger partial charge in [-0.3, -0.25) is 5.73 Å². The number of aromatic nitrogens is 2. The van der Waals surface area contributed by atoms with Gasteiger partial charge < -0.3 is 4.74 Å². The molecular formula is C18H12ClF4N3O2. The molecule has 1 heterocycles. The van der Waals surface area contributed by atoms with E-state index in [1.165, 1.54) is 36.5 Å². The minimum atomic E-state index is -5.25. The summed E-state index contributed by atoms with van der Waals surface area (Å²) in [7, 11) is 0. The summed E-state index contributed by atoms with van der Waals surface area (Å²) >= 11 is 6.23. The Bertz CT molecular complexity index is 1070. The van der Waals surface area contributed by atoms with E-state index in [-0.39, 0.29) is 27.2 Å². The van der Waals surface area contributed by atoms with Crippen molar-refractivity contribution in [1.29, 1.82) is 0 Å². The van der Waals surface area contributed by atoms with Crippen LogP contribution in [0.25, 0.3) is 22.0 Å². The average molecular weight is 414 g/mol. The van der Waals surface area contributed by atoms with Crippen LogP contribution in [-0.2, 0) is 15.3 Å². The predicted molar refractivity (Wildman–Crippen MR) is 93.6 cm³/mol. The largest absolute Gasteiger partial charge is 0.491 e. The summed E-state index contributed by atoms with van der Waals surface area (Å²) in [6.45, 7) is 1.06. The van der Waals surface area contributed by atoms with Gasteiger partial charge in [0.15, 0.2) is 5.72 Å². The summed E-state index contributed by atoms with van der Waals surface area (Å²) in [6, 6.07) is 8.04. The molecule has 0 aliphatic heterocycles. The van der Waals surface area contributed by atoms with Gasteiger partial charge in [-0.1, -0.05) is 23.7 Å². The number of fused-ring (bicyclic) bond motifs is 1. The topological polar surface area (TPSA) is 78.1 Å². The van der Waals surface area contributed by atoms with Gasteiger partial charge in [-0.15, -0.1) is 5.10 Å². The summed E-state index contributed by atoms with van der Waals surface area (Å²) in [6.07, 6.45) is -3.88. The summed E-state index contributed by atoms with van der Waals surface area (Å²) in [5.41, 5.74) is 4.15. The summed E-state index contributed by atoms with van der Waals surface area (Å²) in [5.74, 6) is -3.07. The van der Waals surface area contributed by atoms with Crippen molar-refractivity contribution in [3.63, 3.8) is 0 Å². The van der Waals surface area contributed by atoms with E-state index in [0.717, 1.165) is 13.0 Å². The second-order valence-electron chi connectivity index (χ2n) is 6.08. The van der Waals surface area contributed by atoms with Crippen molar-refractivity contribution in [2.45, 2.75) is 18.8 Å². The number of nitrogens with two attached hydrogens (primary N) is 1. The molecule has 0 aliphatic rings. The predicted octanol–water partition coefficient (Wildman–Crippen LogP) is 4.33. The molecule has 0 saturated heterocycles. The van der Waals surface area contributed by atoms with Crippen LogP contribution in [0, 0.1) is 5.82 Å². The van der Waals surface area contributed by atoms with Gasteiger partial charge in [0.05, 0.1) is 11.2 Å². The maximum Gasteiger partial charge on any atom is 0.491 e. The van der Waals surface area contributed by atoms with Crippen LogP contribution in [0.3, 0.4) is 0 Å². The fourth-order valence-electron chi connectivity index (χ4n) is 2.75. The number of hydrogen-bond acceptors (Lipinski definition) is 5. The molecule has 10 heteroatoms. The first kappa shape index (κ1) is 20.0. The Morgan fingerprint density at radius 2 is 1.93 bits per heavy atom. The van der Waals surface area contributed by atoms with E-state index >= 15 is 0 Å². The molecule has 1 unspecified atom stereocenters. The third kappa shape index (κ3) is 3.76. The minimum Gasteiger partial charge on any atom is -0.433 e. The number of benzene rings is 2. The Morgan fingerprint density at radius 3 is 2.57 bits per heavy atom. The Labute approximate surface area is 161 Å². The molecule has 28 heavy (non-hydrogen) atoms. The number of esters is 1. The van der Waals surface area contributed by atoms with E-state index in [4.69, 9.17) is 17.3 Å². The molecule has 0 saturated carbocycles. The zero-order chi connectivity index (χ0) is 20.7. The number of rotatable bonds is 3. The molecule has 0 spiro atoms. The Kier molecular flexibility index (Phi) is 4.99. The van der Waals surface area contributed by atoms with Gasteiger partial charge in [0, 0.05) is 16.5 Å². The summed E-state index contributed by atoms with van der Waals surface area (Å²) in [5, 5.41) is 8.24. The van der Waals surface area contributed by atoms with Crippen molar-refractivity contribution in [2.75, 3.05) is 0 Å². The van der Waals surface area contributed by atoms with Gasteiger partial charge in [-0.05, 0) is 36.8 Å². The van der Waals surface area contributed by atoms with Crippen molar-refractivity contribution in [1.82, 2.24) is 10.2 Å². The van der Waals surface area contributed by atoms with Crippen LogP contribution >= 0.6 is 11.6 Å². The second-order valence-corrected chi connectivity index (χ2v) is 6.49. The normalized spacial score (nSPS) is 14.0. The lowest BCUT2D eigenvalue weighted by atomic mass is 9.91. The van der Waals surface area contributed by atoms with E-state index < -0.39 is 23.7 Å². The number of carbonyl (C=O) groups is 1. The SMILES string of the molecule is CC(N)(OC(=O)C(F)(F)F)c1cc(Cl)c2ccnnc2c1-c1cccc(F)c1. The van der Waals surface area contributed by atoms with Crippen LogP contribution in [-0.4, -0.2) is 22.3 Å². The highest BCUT2D eigenvalue weighted by molar-refractivity contribution is 6.36. The molecular weight excluding hydrogens is 402 g/mol. The number of ether oxygens (including phenoxy) is 1. The van der Waals surface area contributed by atoms with Crippen LogP contribution < -0.4 is 5.73 Å². The van der Waals surface area contributed by atoms with E-state index in [9.17, 15) is 22.4 Å². The maximum absolute atomic E-state index is 13.8. The van der Waals surface area contributed by atoms with Gasteiger partial charge in [0.2, 0.25) is 0 Å². The fourth-order valence-corrected chi connectivity index (χ4v) is 3.01. The molecule has 146 valence electrons. The number of halogens is 5. The molecule has 0 aliphatic carbocycles. The average Bonchev–Trinajstić information content (AvgIpc) is 2.60. The fraction of sp³-hybridized carbons (Fsp3) is 0.167. The molecule has 0 radical (unpaired) electrons. The highest BCUT2D eigenvalue weighted by atomic mass is 35.5. The standard InChI is InChI=1S/C18H12ClF4N3O2/c1-17(24,28-16(27)18(21,22)23)12-8-13(19)11-5-6-25-26-15(11)14(12)9-3-2-4-10(20)7-9/h2-8H,24H2,1H3. The van der Waals surface area contributed by atoms with Crippen LogP contribution in [0.1, 0.15) is 12.5 Å². The first-order valence-electron chi connectivity index (χ1n) is 7.80. The third-order valence-corrected chi connectivity index (χ3v) is 4.25. The zero-order valence-electron chi connectivity index (χ0n) is 14.2. The molecule has 0 fully saturated rings. The van der Waals surface area contributed by atoms with Crippen LogP contribution in [0.15, 0.2) is 42.6 Å². The summed E-state index contributed by atoms with van der Waals surface area (Å²) < 4.78 is 56.3. The van der Waals surface area contributed by atoms with Gasteiger partial charge in [-0.2, -0.15) is 18.3 Å². The lowest BCUT2D eigenvalue weighted by molar-refractivity contribution is -0.213. The number of alkyl halides is 3. The van der Waals surface area contributed by atoms with Crippen molar-refractivity contribution in [2.24, 2.45) is 5.73 Å². The van der Waals surface area contributed by atoms with Crippen LogP contribution in [0.4, 0.5) is 17.6 Å². The number of nitrogens with zero attached hydrogens (tertiary/aromatic N) is 2. The Balaban J connectivity index is 2.30. The molecule has 1 atom stereocenters. The van der Waals surface area contributed by atoms with Crippen molar-refractivity contribution in [3.05, 3.63) is 59.0 Å². The lowest BCUT2D eigenvalue weighted by Gasteiger charge is -2.29. The van der Waals surface area contributed by atoms with Gasteiger partial charge in [0.25, 0.3) is 0 Å². The van der Waals surface area contributed by atoms with Crippen molar-refractivity contribution in [3.8, 4) is 11.1 Å². The lowest BCUT2D eigenvalue weighted by Crippen LogP contribution is -2.42. The van der Waals surface area contributed by atoms with E-state index in [2.05, 4.69) is 14.9 Å². The summed E-state index contributed by atoms with van der Waals surface area (Å²) in [4.78, 5) is 11.4. The third-order valence-electron chi connectivity index (χ3n) is 3.94. The Morgan fingerprint density at radius 1 is 1.21 bits per heavy atom. The molecule has 3 aromatic rings.